The molecule has 1 aromatic rings. The van der Waals surface area contributed by atoms with E-state index >= 15 is 0 Å². The molecule has 3 nitrogen and oxygen atoms in total. The van der Waals surface area contributed by atoms with Crippen LogP contribution in [0.2, 0.25) is 0 Å². The van der Waals surface area contributed by atoms with Gasteiger partial charge in [0.15, 0.2) is 0 Å². The number of rotatable bonds is 4. The predicted molar refractivity (Wildman–Crippen MR) is 84.8 cm³/mol. The normalized spacial score (nSPS) is 26.7. The lowest BCUT2D eigenvalue weighted by Crippen LogP contribution is -2.55. The maximum atomic E-state index is 11.5. The molecule has 4 heteroatoms. The fourth-order valence-corrected chi connectivity index (χ4v) is 4.05. The SMILES string of the molecule is CC(C)c1ccc(SC2CCCC(N)(C(N)=O)C2)cc1. The van der Waals surface area contributed by atoms with Gasteiger partial charge in [-0.15, -0.1) is 11.8 Å². The van der Waals surface area contributed by atoms with Crippen molar-refractivity contribution in [2.45, 2.75) is 61.1 Å². The molecule has 0 bridgehead atoms. The lowest BCUT2D eigenvalue weighted by molar-refractivity contribution is -0.124. The number of primary amides is 1. The maximum Gasteiger partial charge on any atom is 0.237 e. The quantitative estimate of drug-likeness (QED) is 0.896. The van der Waals surface area contributed by atoms with Crippen molar-refractivity contribution in [2.24, 2.45) is 11.5 Å². The molecule has 2 unspecified atom stereocenters. The van der Waals surface area contributed by atoms with E-state index in [9.17, 15) is 4.79 Å². The van der Waals surface area contributed by atoms with Crippen LogP contribution < -0.4 is 11.5 Å². The van der Waals surface area contributed by atoms with Gasteiger partial charge in [0.05, 0.1) is 5.54 Å². The van der Waals surface area contributed by atoms with E-state index in [0.717, 1.165) is 12.8 Å². The minimum atomic E-state index is -0.812. The van der Waals surface area contributed by atoms with Gasteiger partial charge in [-0.1, -0.05) is 26.0 Å². The minimum absolute atomic E-state index is 0.363. The Bertz CT molecular complexity index is 472. The maximum absolute atomic E-state index is 11.5. The summed E-state index contributed by atoms with van der Waals surface area (Å²) in [6, 6.07) is 8.69. The van der Waals surface area contributed by atoms with Crippen LogP contribution in [-0.2, 0) is 4.79 Å². The molecule has 1 aliphatic rings. The summed E-state index contributed by atoms with van der Waals surface area (Å²) in [4.78, 5) is 12.7. The molecule has 0 spiro atoms. The second kappa shape index (κ2) is 6.19. The zero-order chi connectivity index (χ0) is 14.8. The number of amides is 1. The molecular formula is C16H24N2OS. The van der Waals surface area contributed by atoms with E-state index in [1.54, 1.807) is 0 Å². The van der Waals surface area contributed by atoms with Gasteiger partial charge in [-0.3, -0.25) is 4.79 Å². The molecule has 1 fully saturated rings. The monoisotopic (exact) mass is 292 g/mol. The van der Waals surface area contributed by atoms with E-state index < -0.39 is 5.54 Å². The molecule has 0 heterocycles. The van der Waals surface area contributed by atoms with Crippen molar-refractivity contribution in [1.82, 2.24) is 0 Å². The average Bonchev–Trinajstić information content (AvgIpc) is 2.39. The summed E-state index contributed by atoms with van der Waals surface area (Å²) in [5.41, 5.74) is 12.1. The van der Waals surface area contributed by atoms with Crippen molar-refractivity contribution in [1.29, 1.82) is 0 Å². The molecule has 0 saturated heterocycles. The van der Waals surface area contributed by atoms with Gasteiger partial charge >= 0.3 is 0 Å². The summed E-state index contributed by atoms with van der Waals surface area (Å²) in [7, 11) is 0. The summed E-state index contributed by atoms with van der Waals surface area (Å²) in [5, 5.41) is 0.381. The van der Waals surface area contributed by atoms with Crippen molar-refractivity contribution in [3.05, 3.63) is 29.8 Å². The van der Waals surface area contributed by atoms with Gasteiger partial charge in [-0.05, 0) is 49.3 Å². The zero-order valence-electron chi connectivity index (χ0n) is 12.3. The van der Waals surface area contributed by atoms with Crippen molar-refractivity contribution in [3.63, 3.8) is 0 Å². The molecule has 1 aromatic carbocycles. The summed E-state index contributed by atoms with van der Waals surface area (Å²) >= 11 is 1.82. The molecule has 2 rings (SSSR count). The first-order chi connectivity index (χ1) is 9.40. The number of carbonyl (C=O) groups is 1. The number of carbonyl (C=O) groups excluding carboxylic acids is 1. The first kappa shape index (κ1) is 15.4. The second-order valence-electron chi connectivity index (χ2n) is 6.08. The predicted octanol–water partition coefficient (Wildman–Crippen LogP) is 3.03. The summed E-state index contributed by atoms with van der Waals surface area (Å²) < 4.78 is 0. The van der Waals surface area contributed by atoms with Crippen LogP contribution in [-0.4, -0.2) is 16.7 Å². The Labute approximate surface area is 125 Å². The number of thioether (sulfide) groups is 1. The Morgan fingerprint density at radius 2 is 2.00 bits per heavy atom. The van der Waals surface area contributed by atoms with Crippen LogP contribution in [0.3, 0.4) is 0 Å². The smallest absolute Gasteiger partial charge is 0.237 e. The molecule has 110 valence electrons. The number of hydrogen-bond donors (Lipinski definition) is 2. The first-order valence-corrected chi connectivity index (χ1v) is 8.14. The Morgan fingerprint density at radius 3 is 2.55 bits per heavy atom. The Morgan fingerprint density at radius 1 is 1.35 bits per heavy atom. The largest absolute Gasteiger partial charge is 0.368 e. The van der Waals surface area contributed by atoms with Crippen molar-refractivity contribution in [3.8, 4) is 0 Å². The molecule has 0 aromatic heterocycles. The fraction of sp³-hybridized carbons (Fsp3) is 0.562. The standard InChI is InChI=1S/C16H24N2OS/c1-11(2)12-5-7-13(8-6-12)20-14-4-3-9-16(18,10-14)15(17)19/h5-8,11,14H,3-4,9-10,18H2,1-2H3,(H2,17,19). The van der Waals surface area contributed by atoms with Crippen LogP contribution >= 0.6 is 11.8 Å². The third-order valence-electron chi connectivity index (χ3n) is 4.08. The molecule has 0 radical (unpaired) electrons. The molecule has 4 N–H and O–H groups in total. The van der Waals surface area contributed by atoms with Crippen LogP contribution in [0.5, 0.6) is 0 Å². The van der Waals surface area contributed by atoms with E-state index in [4.69, 9.17) is 11.5 Å². The molecule has 20 heavy (non-hydrogen) atoms. The fourth-order valence-electron chi connectivity index (χ4n) is 2.70. The van der Waals surface area contributed by atoms with E-state index in [-0.39, 0.29) is 5.91 Å². The molecule has 1 aliphatic carbocycles. The van der Waals surface area contributed by atoms with Crippen molar-refractivity contribution in [2.75, 3.05) is 0 Å². The van der Waals surface area contributed by atoms with Gasteiger partial charge in [0.25, 0.3) is 0 Å². The summed E-state index contributed by atoms with van der Waals surface area (Å²) in [6.45, 7) is 4.39. The van der Waals surface area contributed by atoms with Gasteiger partial charge in [0.2, 0.25) is 5.91 Å². The second-order valence-corrected chi connectivity index (χ2v) is 7.45. The highest BCUT2D eigenvalue weighted by atomic mass is 32.2. The molecule has 1 saturated carbocycles. The summed E-state index contributed by atoms with van der Waals surface area (Å²) in [6.07, 6.45) is 3.47. The van der Waals surface area contributed by atoms with Crippen LogP contribution in [0.1, 0.15) is 51.0 Å². The highest BCUT2D eigenvalue weighted by Crippen LogP contribution is 2.37. The Hall–Kier alpha value is -1.00. The van der Waals surface area contributed by atoms with Gasteiger partial charge in [-0.25, -0.2) is 0 Å². The number of benzene rings is 1. The first-order valence-electron chi connectivity index (χ1n) is 7.26. The van der Waals surface area contributed by atoms with Crippen molar-refractivity contribution < 1.29 is 4.79 Å². The molecule has 2 atom stereocenters. The summed E-state index contributed by atoms with van der Waals surface area (Å²) in [5.74, 6) is 0.188. The molecular weight excluding hydrogens is 268 g/mol. The van der Waals surface area contributed by atoms with Gasteiger partial charge in [0.1, 0.15) is 0 Å². The van der Waals surface area contributed by atoms with Crippen molar-refractivity contribution >= 4 is 17.7 Å². The molecule has 1 amide bonds. The van der Waals surface area contributed by atoms with E-state index in [0.29, 0.717) is 24.0 Å². The van der Waals surface area contributed by atoms with Crippen LogP contribution in [0.4, 0.5) is 0 Å². The van der Waals surface area contributed by atoms with E-state index in [1.807, 2.05) is 11.8 Å². The number of nitrogens with two attached hydrogens (primary N) is 2. The Balaban J connectivity index is 2.01. The van der Waals surface area contributed by atoms with Crippen LogP contribution in [0.25, 0.3) is 0 Å². The third kappa shape index (κ3) is 3.55. The number of hydrogen-bond acceptors (Lipinski definition) is 3. The van der Waals surface area contributed by atoms with E-state index in [1.165, 1.54) is 10.5 Å². The van der Waals surface area contributed by atoms with Gasteiger partial charge in [0, 0.05) is 10.1 Å². The average molecular weight is 292 g/mol. The lowest BCUT2D eigenvalue weighted by Gasteiger charge is -2.35. The molecule has 0 aliphatic heterocycles. The highest BCUT2D eigenvalue weighted by molar-refractivity contribution is 8.00. The van der Waals surface area contributed by atoms with Gasteiger partial charge < -0.3 is 11.5 Å². The zero-order valence-corrected chi connectivity index (χ0v) is 13.1. The van der Waals surface area contributed by atoms with Gasteiger partial charge in [-0.2, -0.15) is 0 Å². The van der Waals surface area contributed by atoms with Crippen LogP contribution in [0, 0.1) is 0 Å². The Kier molecular flexibility index (Phi) is 4.76. The lowest BCUT2D eigenvalue weighted by atomic mass is 9.82. The van der Waals surface area contributed by atoms with Crippen LogP contribution in [0.15, 0.2) is 29.2 Å². The van der Waals surface area contributed by atoms with E-state index in [2.05, 4.69) is 38.1 Å². The third-order valence-corrected chi connectivity index (χ3v) is 5.36. The minimum Gasteiger partial charge on any atom is -0.368 e. The topological polar surface area (TPSA) is 69.1 Å². The highest BCUT2D eigenvalue weighted by Gasteiger charge is 2.38.